The topological polar surface area (TPSA) is 61.7 Å². The maximum atomic E-state index is 5.82. The van der Waals surface area contributed by atoms with Gasteiger partial charge in [0, 0.05) is 17.9 Å². The van der Waals surface area contributed by atoms with Crippen molar-refractivity contribution in [3.63, 3.8) is 0 Å². The summed E-state index contributed by atoms with van der Waals surface area (Å²) < 4.78 is 4.26. The molecule has 84 valence electrons. The number of anilines is 1. The van der Waals surface area contributed by atoms with Crippen molar-refractivity contribution in [3.05, 3.63) is 30.1 Å². The largest absolute Gasteiger partial charge is 0.369 e. The number of hydrogen-bond acceptors (Lipinski definition) is 3. The molecule has 0 saturated heterocycles. The van der Waals surface area contributed by atoms with Gasteiger partial charge in [-0.25, -0.2) is 9.97 Å². The lowest BCUT2D eigenvalue weighted by Gasteiger charge is -2.09. The number of nitrogens with two attached hydrogens (primary N) is 1. The van der Waals surface area contributed by atoms with Gasteiger partial charge in [-0.15, -0.1) is 0 Å². The van der Waals surface area contributed by atoms with Crippen LogP contribution in [-0.2, 0) is 6.54 Å². The highest BCUT2D eigenvalue weighted by Gasteiger charge is 2.25. The van der Waals surface area contributed by atoms with E-state index in [0.29, 0.717) is 12.0 Å². The molecular formula is C11H15N5. The quantitative estimate of drug-likeness (QED) is 0.844. The first-order valence-electron chi connectivity index (χ1n) is 5.54. The van der Waals surface area contributed by atoms with Crippen molar-refractivity contribution < 1.29 is 0 Å². The van der Waals surface area contributed by atoms with Gasteiger partial charge in [-0.1, -0.05) is 0 Å². The van der Waals surface area contributed by atoms with Crippen molar-refractivity contribution in [2.45, 2.75) is 32.4 Å². The maximum absolute atomic E-state index is 5.82. The molecule has 0 atom stereocenters. The Bertz CT molecular complexity index is 487. The van der Waals surface area contributed by atoms with Crippen molar-refractivity contribution in [2.24, 2.45) is 0 Å². The molecule has 1 aliphatic carbocycles. The Labute approximate surface area is 93.9 Å². The molecule has 0 unspecified atom stereocenters. The van der Waals surface area contributed by atoms with E-state index in [1.165, 1.54) is 18.5 Å². The predicted octanol–water partition coefficient (Wildman–Crippen LogP) is 1.35. The second-order valence-corrected chi connectivity index (χ2v) is 4.37. The van der Waals surface area contributed by atoms with Gasteiger partial charge in [-0.2, -0.15) is 0 Å². The molecule has 1 saturated carbocycles. The number of nitrogens with zero attached hydrogens (tertiary/aromatic N) is 4. The molecular weight excluding hydrogens is 202 g/mol. The molecule has 0 spiro atoms. The van der Waals surface area contributed by atoms with E-state index in [4.69, 9.17) is 5.73 Å². The molecule has 0 aromatic carbocycles. The summed E-state index contributed by atoms with van der Waals surface area (Å²) in [6.45, 7) is 2.77. The van der Waals surface area contributed by atoms with Crippen LogP contribution in [0, 0.1) is 6.92 Å². The number of imidazole rings is 2. The smallest absolute Gasteiger partial charge is 0.200 e. The zero-order chi connectivity index (χ0) is 11.1. The summed E-state index contributed by atoms with van der Waals surface area (Å²) in [6.07, 6.45) is 8.16. The Morgan fingerprint density at radius 2 is 2.25 bits per heavy atom. The monoisotopic (exact) mass is 217 g/mol. The molecule has 2 aromatic heterocycles. The van der Waals surface area contributed by atoms with Crippen LogP contribution >= 0.6 is 0 Å². The third kappa shape index (κ3) is 1.48. The van der Waals surface area contributed by atoms with Crippen molar-refractivity contribution in [2.75, 3.05) is 5.73 Å². The maximum Gasteiger partial charge on any atom is 0.200 e. The highest BCUT2D eigenvalue weighted by molar-refractivity contribution is 5.23. The van der Waals surface area contributed by atoms with Crippen LogP contribution in [-0.4, -0.2) is 19.1 Å². The fourth-order valence-electron chi connectivity index (χ4n) is 1.98. The first-order valence-corrected chi connectivity index (χ1v) is 5.54. The van der Waals surface area contributed by atoms with E-state index in [-0.39, 0.29) is 0 Å². The average Bonchev–Trinajstić information content (AvgIpc) is 2.94. The van der Waals surface area contributed by atoms with Crippen LogP contribution in [0.1, 0.15) is 30.3 Å². The zero-order valence-corrected chi connectivity index (χ0v) is 9.30. The second-order valence-electron chi connectivity index (χ2n) is 4.37. The van der Waals surface area contributed by atoms with E-state index < -0.39 is 0 Å². The van der Waals surface area contributed by atoms with Gasteiger partial charge in [0.05, 0.1) is 24.8 Å². The van der Waals surface area contributed by atoms with Crippen LogP contribution in [0.5, 0.6) is 0 Å². The highest BCUT2D eigenvalue weighted by Crippen LogP contribution is 2.35. The molecule has 3 rings (SSSR count). The summed E-state index contributed by atoms with van der Waals surface area (Å²) in [5.41, 5.74) is 8.11. The molecule has 2 aromatic rings. The van der Waals surface area contributed by atoms with Crippen molar-refractivity contribution in [1.82, 2.24) is 19.1 Å². The number of aromatic nitrogens is 4. The van der Waals surface area contributed by atoms with E-state index >= 15 is 0 Å². The van der Waals surface area contributed by atoms with Crippen LogP contribution in [0.4, 0.5) is 5.95 Å². The zero-order valence-electron chi connectivity index (χ0n) is 9.30. The summed E-state index contributed by atoms with van der Waals surface area (Å²) >= 11 is 0. The summed E-state index contributed by atoms with van der Waals surface area (Å²) in [5, 5.41) is 0. The second kappa shape index (κ2) is 3.37. The first-order chi connectivity index (χ1) is 7.75. The van der Waals surface area contributed by atoms with E-state index in [9.17, 15) is 0 Å². The molecule has 0 amide bonds. The normalized spacial score (nSPS) is 15.6. The van der Waals surface area contributed by atoms with Gasteiger partial charge in [-0.3, -0.25) is 0 Å². The van der Waals surface area contributed by atoms with Gasteiger partial charge < -0.3 is 14.9 Å². The van der Waals surface area contributed by atoms with Gasteiger partial charge in [0.1, 0.15) is 0 Å². The molecule has 0 bridgehead atoms. The standard InChI is InChI=1S/C11H15N5/c1-8-4-14-11(12)15(8)6-10-5-13-7-16(10)9-2-3-9/h4-5,7,9H,2-3,6H2,1H3,(H2,12,14). The van der Waals surface area contributed by atoms with Gasteiger partial charge >= 0.3 is 0 Å². The molecule has 5 nitrogen and oxygen atoms in total. The lowest BCUT2D eigenvalue weighted by Crippen LogP contribution is -2.09. The Hall–Kier alpha value is -1.78. The lowest BCUT2D eigenvalue weighted by molar-refractivity contribution is 0.653. The Balaban J connectivity index is 1.91. The molecule has 1 aliphatic rings. The molecule has 2 N–H and O–H groups in total. The predicted molar refractivity (Wildman–Crippen MR) is 61.0 cm³/mol. The summed E-state index contributed by atoms with van der Waals surface area (Å²) in [4.78, 5) is 8.31. The molecule has 16 heavy (non-hydrogen) atoms. The fourth-order valence-corrected chi connectivity index (χ4v) is 1.98. The lowest BCUT2D eigenvalue weighted by atomic mass is 10.4. The fraction of sp³-hybridized carbons (Fsp3) is 0.455. The summed E-state index contributed by atoms with van der Waals surface area (Å²) in [6, 6.07) is 0.655. The van der Waals surface area contributed by atoms with Gasteiger partial charge in [0.25, 0.3) is 0 Å². The molecule has 5 heteroatoms. The average molecular weight is 217 g/mol. The highest BCUT2D eigenvalue weighted by atomic mass is 15.2. The van der Waals surface area contributed by atoms with E-state index in [1.54, 1.807) is 6.20 Å². The minimum Gasteiger partial charge on any atom is -0.369 e. The van der Waals surface area contributed by atoms with E-state index in [0.717, 1.165) is 12.2 Å². The van der Waals surface area contributed by atoms with Crippen molar-refractivity contribution in [1.29, 1.82) is 0 Å². The van der Waals surface area contributed by atoms with Crippen molar-refractivity contribution in [3.8, 4) is 0 Å². The summed E-state index contributed by atoms with van der Waals surface area (Å²) in [7, 11) is 0. The van der Waals surface area contributed by atoms with E-state index in [1.807, 2.05) is 24.0 Å². The number of nitrogen functional groups attached to an aromatic ring is 1. The van der Waals surface area contributed by atoms with Gasteiger partial charge in [0.2, 0.25) is 5.95 Å². The van der Waals surface area contributed by atoms with Crippen LogP contribution in [0.3, 0.4) is 0 Å². The third-order valence-corrected chi connectivity index (χ3v) is 3.09. The molecule has 0 aliphatic heterocycles. The minimum absolute atomic E-state index is 0.570. The number of aryl methyl sites for hydroxylation is 1. The third-order valence-electron chi connectivity index (χ3n) is 3.09. The van der Waals surface area contributed by atoms with Gasteiger partial charge in [0.15, 0.2) is 0 Å². The number of rotatable bonds is 3. The van der Waals surface area contributed by atoms with Crippen molar-refractivity contribution >= 4 is 5.95 Å². The van der Waals surface area contributed by atoms with Crippen LogP contribution in [0.15, 0.2) is 18.7 Å². The number of hydrogen-bond donors (Lipinski definition) is 1. The van der Waals surface area contributed by atoms with Crippen LogP contribution in [0.25, 0.3) is 0 Å². The Morgan fingerprint density at radius 1 is 1.44 bits per heavy atom. The SMILES string of the molecule is Cc1cnc(N)n1Cc1cncn1C1CC1. The Morgan fingerprint density at radius 3 is 2.88 bits per heavy atom. The molecule has 2 heterocycles. The van der Waals surface area contributed by atoms with Gasteiger partial charge in [-0.05, 0) is 19.8 Å². The minimum atomic E-state index is 0.570. The Kier molecular flexibility index (Phi) is 1.99. The summed E-state index contributed by atoms with van der Waals surface area (Å²) in [5.74, 6) is 0.570. The first kappa shape index (κ1) is 9.45. The molecule has 1 fully saturated rings. The molecule has 0 radical (unpaired) electrons. The van der Waals surface area contributed by atoms with E-state index in [2.05, 4.69) is 14.5 Å². The van der Waals surface area contributed by atoms with Crippen LogP contribution in [0.2, 0.25) is 0 Å². The van der Waals surface area contributed by atoms with Crippen LogP contribution < -0.4 is 5.73 Å².